The van der Waals surface area contributed by atoms with Gasteiger partial charge in [0.2, 0.25) is 0 Å². The van der Waals surface area contributed by atoms with Crippen molar-refractivity contribution in [3.63, 3.8) is 0 Å². The van der Waals surface area contributed by atoms with Crippen LogP contribution in [0.5, 0.6) is 0 Å². The largest absolute Gasteiger partial charge is 0.306 e. The van der Waals surface area contributed by atoms with Gasteiger partial charge >= 0.3 is 0 Å². The van der Waals surface area contributed by atoms with E-state index in [0.29, 0.717) is 11.0 Å². The molecule has 1 heterocycles. The molecule has 0 amide bonds. The van der Waals surface area contributed by atoms with Gasteiger partial charge in [-0.05, 0) is 47.5 Å². The van der Waals surface area contributed by atoms with E-state index >= 15 is 0 Å². The topological polar surface area (TPSA) is 29.9 Å². The first-order chi connectivity index (χ1) is 8.99. The molecule has 0 aliphatic carbocycles. The second kappa shape index (κ2) is 5.84. The molecule has 2 aromatic rings. The number of rotatable bonds is 4. The van der Waals surface area contributed by atoms with Crippen molar-refractivity contribution < 1.29 is 4.39 Å². The minimum atomic E-state index is -0.236. The van der Waals surface area contributed by atoms with Crippen LogP contribution in [0.15, 0.2) is 28.9 Å². The van der Waals surface area contributed by atoms with Crippen LogP contribution in [0.1, 0.15) is 29.8 Å². The summed E-state index contributed by atoms with van der Waals surface area (Å²) < 4.78 is 15.5. The second-order valence-corrected chi connectivity index (χ2v) is 5.51. The quantitative estimate of drug-likeness (QED) is 0.932. The van der Waals surface area contributed by atoms with Crippen LogP contribution < -0.4 is 5.32 Å². The molecule has 1 aromatic carbocycles. The van der Waals surface area contributed by atoms with E-state index in [9.17, 15) is 4.39 Å². The normalized spacial score (nSPS) is 12.7. The summed E-state index contributed by atoms with van der Waals surface area (Å²) in [5.41, 5.74) is 3.38. The highest BCUT2D eigenvalue weighted by atomic mass is 79.9. The van der Waals surface area contributed by atoms with Crippen molar-refractivity contribution in [2.45, 2.75) is 26.4 Å². The van der Waals surface area contributed by atoms with Gasteiger partial charge in [0.25, 0.3) is 0 Å². The van der Waals surface area contributed by atoms with Crippen LogP contribution in [0.3, 0.4) is 0 Å². The Morgan fingerprint density at radius 2 is 2.21 bits per heavy atom. The van der Waals surface area contributed by atoms with Crippen LogP contribution in [0.2, 0.25) is 0 Å². The summed E-state index contributed by atoms with van der Waals surface area (Å²) in [6.45, 7) is 4.84. The molecule has 0 bridgehead atoms. The number of halogens is 2. The third-order valence-electron chi connectivity index (χ3n) is 3.34. The lowest BCUT2D eigenvalue weighted by Gasteiger charge is -2.14. The fraction of sp³-hybridized carbons (Fsp3) is 0.357. The molecule has 2 rings (SSSR count). The van der Waals surface area contributed by atoms with Gasteiger partial charge < -0.3 is 5.32 Å². The number of nitrogens with zero attached hydrogens (tertiary/aromatic N) is 2. The summed E-state index contributed by atoms with van der Waals surface area (Å²) >= 11 is 3.20. The number of hydrogen-bond acceptors (Lipinski definition) is 2. The third-order valence-corrected chi connectivity index (χ3v) is 3.94. The Kier molecular flexibility index (Phi) is 4.37. The smallest absolute Gasteiger partial charge is 0.137 e. The van der Waals surface area contributed by atoms with Crippen LogP contribution in [0.4, 0.5) is 4.39 Å². The lowest BCUT2D eigenvalue weighted by Crippen LogP contribution is -2.18. The van der Waals surface area contributed by atoms with Gasteiger partial charge in [-0.15, -0.1) is 0 Å². The maximum Gasteiger partial charge on any atom is 0.137 e. The highest BCUT2D eigenvalue weighted by Gasteiger charge is 2.11. The Balaban J connectivity index is 2.02. The summed E-state index contributed by atoms with van der Waals surface area (Å²) in [7, 11) is 1.93. The first-order valence-electron chi connectivity index (χ1n) is 6.15. The standard InChI is InChI=1S/C14H17BrFN3/c1-9(12-8-18-19(3)10(12)2)17-7-11-4-5-14(16)13(15)6-11/h4-6,8-9,17H,7H2,1-3H3. The van der Waals surface area contributed by atoms with E-state index in [4.69, 9.17) is 0 Å². The van der Waals surface area contributed by atoms with Crippen LogP contribution in [-0.2, 0) is 13.6 Å². The van der Waals surface area contributed by atoms with Crippen LogP contribution in [0, 0.1) is 12.7 Å². The van der Waals surface area contributed by atoms with Crippen molar-refractivity contribution in [1.82, 2.24) is 15.1 Å². The van der Waals surface area contributed by atoms with Crippen molar-refractivity contribution in [1.29, 1.82) is 0 Å². The van der Waals surface area contributed by atoms with Crippen molar-refractivity contribution in [2.75, 3.05) is 0 Å². The fourth-order valence-corrected chi connectivity index (χ4v) is 2.40. The Bertz CT molecular complexity index is 580. The molecule has 0 fully saturated rings. The molecule has 0 saturated heterocycles. The molecule has 19 heavy (non-hydrogen) atoms. The van der Waals surface area contributed by atoms with Crippen molar-refractivity contribution >= 4 is 15.9 Å². The molecule has 0 saturated carbocycles. The molecule has 1 aromatic heterocycles. The molecule has 1 N–H and O–H groups in total. The summed E-state index contributed by atoms with van der Waals surface area (Å²) in [5.74, 6) is -0.236. The zero-order chi connectivity index (χ0) is 14.0. The molecule has 1 unspecified atom stereocenters. The molecular formula is C14H17BrFN3. The van der Waals surface area contributed by atoms with E-state index in [0.717, 1.165) is 11.3 Å². The van der Waals surface area contributed by atoms with Crippen molar-refractivity contribution in [3.8, 4) is 0 Å². The maximum absolute atomic E-state index is 13.1. The van der Waals surface area contributed by atoms with Gasteiger partial charge in [-0.2, -0.15) is 5.10 Å². The maximum atomic E-state index is 13.1. The lowest BCUT2D eigenvalue weighted by atomic mass is 10.1. The van der Waals surface area contributed by atoms with Crippen molar-refractivity contribution in [2.24, 2.45) is 7.05 Å². The molecule has 3 nitrogen and oxygen atoms in total. The highest BCUT2D eigenvalue weighted by molar-refractivity contribution is 9.10. The minimum absolute atomic E-state index is 0.206. The van der Waals surface area contributed by atoms with Gasteiger partial charge in [-0.3, -0.25) is 4.68 Å². The number of nitrogens with one attached hydrogen (secondary N) is 1. The molecule has 5 heteroatoms. The molecule has 1 atom stereocenters. The zero-order valence-electron chi connectivity index (χ0n) is 11.2. The summed E-state index contributed by atoms with van der Waals surface area (Å²) in [4.78, 5) is 0. The number of aryl methyl sites for hydroxylation is 1. The summed E-state index contributed by atoms with van der Waals surface area (Å²) in [5, 5.41) is 7.66. The lowest BCUT2D eigenvalue weighted by molar-refractivity contribution is 0.568. The average molecular weight is 326 g/mol. The van der Waals surface area contributed by atoms with E-state index in [2.05, 4.69) is 40.2 Å². The van der Waals surface area contributed by atoms with Gasteiger partial charge in [-0.25, -0.2) is 4.39 Å². The van der Waals surface area contributed by atoms with E-state index in [1.807, 2.05) is 17.9 Å². The second-order valence-electron chi connectivity index (χ2n) is 4.66. The van der Waals surface area contributed by atoms with Crippen LogP contribution in [0.25, 0.3) is 0 Å². The Morgan fingerprint density at radius 3 is 2.79 bits per heavy atom. The van der Waals surface area contributed by atoms with Crippen LogP contribution in [-0.4, -0.2) is 9.78 Å². The summed E-state index contributed by atoms with van der Waals surface area (Å²) in [6, 6.07) is 5.26. The molecule has 0 aliphatic heterocycles. The van der Waals surface area contributed by atoms with Gasteiger partial charge in [0.15, 0.2) is 0 Å². The highest BCUT2D eigenvalue weighted by Crippen LogP contribution is 2.19. The molecular weight excluding hydrogens is 309 g/mol. The monoisotopic (exact) mass is 325 g/mol. The van der Waals surface area contributed by atoms with Gasteiger partial charge in [-0.1, -0.05) is 6.07 Å². The Morgan fingerprint density at radius 1 is 1.47 bits per heavy atom. The molecule has 0 radical (unpaired) electrons. The zero-order valence-corrected chi connectivity index (χ0v) is 12.8. The minimum Gasteiger partial charge on any atom is -0.306 e. The Hall–Kier alpha value is -1.20. The average Bonchev–Trinajstić information content (AvgIpc) is 2.71. The SMILES string of the molecule is Cc1c(C(C)NCc2ccc(F)c(Br)c2)cnn1C. The predicted octanol–water partition coefficient (Wildman–Crippen LogP) is 3.48. The molecule has 0 aliphatic rings. The Labute approximate surface area is 121 Å². The van der Waals surface area contributed by atoms with Gasteiger partial charge in [0, 0.05) is 30.9 Å². The number of aromatic nitrogens is 2. The molecule has 102 valence electrons. The predicted molar refractivity (Wildman–Crippen MR) is 77.3 cm³/mol. The third kappa shape index (κ3) is 3.22. The van der Waals surface area contributed by atoms with Crippen LogP contribution >= 0.6 is 15.9 Å². The number of hydrogen-bond donors (Lipinski definition) is 1. The fourth-order valence-electron chi connectivity index (χ4n) is 1.97. The van der Waals surface area contributed by atoms with Gasteiger partial charge in [0.05, 0.1) is 10.7 Å². The number of benzene rings is 1. The van der Waals surface area contributed by atoms with E-state index < -0.39 is 0 Å². The van der Waals surface area contributed by atoms with E-state index in [1.165, 1.54) is 11.6 Å². The van der Waals surface area contributed by atoms with E-state index in [1.54, 1.807) is 12.1 Å². The van der Waals surface area contributed by atoms with Gasteiger partial charge in [0.1, 0.15) is 5.82 Å². The first kappa shape index (κ1) is 14.2. The van der Waals surface area contributed by atoms with Crippen molar-refractivity contribution in [3.05, 3.63) is 51.5 Å². The summed E-state index contributed by atoms with van der Waals surface area (Å²) in [6.07, 6.45) is 1.88. The molecule has 0 spiro atoms. The van der Waals surface area contributed by atoms with E-state index in [-0.39, 0.29) is 11.9 Å². The first-order valence-corrected chi connectivity index (χ1v) is 6.94.